The van der Waals surface area contributed by atoms with E-state index in [-0.39, 0.29) is 0 Å². The Morgan fingerprint density at radius 2 is 2.03 bits per heavy atom. The number of aromatic nitrogens is 1. The molecule has 4 nitrogen and oxygen atoms in total. The van der Waals surface area contributed by atoms with Gasteiger partial charge in [0.25, 0.3) is 0 Å². The summed E-state index contributed by atoms with van der Waals surface area (Å²) in [4.78, 5) is 10.3. The molecule has 1 heterocycles. The van der Waals surface area contributed by atoms with Gasteiger partial charge in [0.2, 0.25) is 0 Å². The van der Waals surface area contributed by atoms with Crippen LogP contribution in [0.15, 0.2) is 72.3 Å². The molecule has 0 bridgehead atoms. The minimum absolute atomic E-state index is 0.330. The predicted molar refractivity (Wildman–Crippen MR) is 112 cm³/mol. The summed E-state index contributed by atoms with van der Waals surface area (Å²) in [5.74, 6) is 0.934. The summed E-state index contributed by atoms with van der Waals surface area (Å²) in [5, 5.41) is 3.14. The van der Waals surface area contributed by atoms with Crippen molar-refractivity contribution in [2.75, 3.05) is 11.4 Å². The Labute approximate surface area is 169 Å². The van der Waals surface area contributed by atoms with Crippen molar-refractivity contribution in [2.24, 2.45) is 4.99 Å². The number of halogens is 3. The van der Waals surface area contributed by atoms with Crippen LogP contribution in [0.3, 0.4) is 0 Å². The summed E-state index contributed by atoms with van der Waals surface area (Å²) in [6, 6.07) is 8.80. The van der Waals surface area contributed by atoms with Crippen LogP contribution in [0.1, 0.15) is 38.3 Å². The van der Waals surface area contributed by atoms with E-state index in [0.717, 1.165) is 24.1 Å². The molecular weight excluding hydrogens is 377 g/mol. The molecule has 29 heavy (non-hydrogen) atoms. The molecule has 2 rings (SSSR count). The van der Waals surface area contributed by atoms with Crippen molar-refractivity contribution >= 4 is 17.2 Å². The summed E-state index contributed by atoms with van der Waals surface area (Å²) in [5.41, 5.74) is 1.08. The monoisotopic (exact) mass is 402 g/mol. The third kappa shape index (κ3) is 5.94. The zero-order valence-corrected chi connectivity index (χ0v) is 16.8. The summed E-state index contributed by atoms with van der Waals surface area (Å²) in [7, 11) is 0. The number of benzene rings is 1. The molecule has 0 atom stereocenters. The fourth-order valence-electron chi connectivity index (χ4n) is 2.74. The predicted octanol–water partition coefficient (Wildman–Crippen LogP) is 5.86. The van der Waals surface area contributed by atoms with E-state index in [0.29, 0.717) is 29.6 Å². The maximum atomic E-state index is 13.2. The van der Waals surface area contributed by atoms with Gasteiger partial charge in [0, 0.05) is 30.2 Å². The van der Waals surface area contributed by atoms with E-state index < -0.39 is 11.7 Å². The Kier molecular flexibility index (Phi) is 7.59. The van der Waals surface area contributed by atoms with Gasteiger partial charge in [0.15, 0.2) is 0 Å². The van der Waals surface area contributed by atoms with Crippen molar-refractivity contribution in [3.05, 3.63) is 78.4 Å². The smallest absolute Gasteiger partial charge is 0.372 e. The highest BCUT2D eigenvalue weighted by atomic mass is 19.4. The van der Waals surface area contributed by atoms with Gasteiger partial charge in [0.05, 0.1) is 11.3 Å². The minimum Gasteiger partial charge on any atom is -0.372 e. The Hall–Kier alpha value is -3.09. The van der Waals surface area contributed by atoms with Gasteiger partial charge in [0.1, 0.15) is 11.7 Å². The van der Waals surface area contributed by atoms with Crippen molar-refractivity contribution in [3.8, 4) is 0 Å². The molecule has 0 aliphatic rings. The molecule has 0 spiro atoms. The number of pyridine rings is 1. The Bertz CT molecular complexity index is 886. The minimum atomic E-state index is -4.44. The first kappa shape index (κ1) is 22.2. The van der Waals surface area contributed by atoms with Gasteiger partial charge in [-0.3, -0.25) is 9.88 Å². The number of nitrogens with zero attached hydrogens (tertiary/aromatic N) is 3. The molecule has 0 saturated carbocycles. The standard InChI is InChI=1S/C22H25F3N4/c1-5-12-27-16(3)29(20-11-7-10-19(14-20)22(23,24)25)17(4)28-21(6-2)18-9-8-13-26-15-18/h6-11,13-15,27H,3,5,12H2,1-2,4H3/b21-6-,28-17+. The highest BCUT2D eigenvalue weighted by Gasteiger charge is 2.31. The molecule has 0 saturated heterocycles. The van der Waals surface area contributed by atoms with Crippen molar-refractivity contribution in [2.45, 2.75) is 33.4 Å². The molecule has 154 valence electrons. The first-order valence-electron chi connectivity index (χ1n) is 9.30. The first-order chi connectivity index (χ1) is 13.8. The fourth-order valence-corrected chi connectivity index (χ4v) is 2.74. The van der Waals surface area contributed by atoms with Crippen LogP contribution in [-0.4, -0.2) is 17.4 Å². The number of nitrogens with one attached hydrogen (secondary N) is 1. The second-order valence-electron chi connectivity index (χ2n) is 6.33. The van der Waals surface area contributed by atoms with Crippen LogP contribution >= 0.6 is 0 Å². The van der Waals surface area contributed by atoms with E-state index in [1.807, 2.05) is 26.0 Å². The molecule has 0 unspecified atom stereocenters. The summed E-state index contributed by atoms with van der Waals surface area (Å²) >= 11 is 0. The van der Waals surface area contributed by atoms with E-state index in [4.69, 9.17) is 0 Å². The third-order valence-corrected chi connectivity index (χ3v) is 4.12. The number of alkyl halides is 3. The van der Waals surface area contributed by atoms with Gasteiger partial charge in [-0.2, -0.15) is 13.2 Å². The van der Waals surface area contributed by atoms with Gasteiger partial charge < -0.3 is 5.32 Å². The maximum Gasteiger partial charge on any atom is 0.416 e. The Morgan fingerprint density at radius 1 is 1.28 bits per heavy atom. The van der Waals surface area contributed by atoms with E-state index in [9.17, 15) is 13.2 Å². The number of rotatable bonds is 7. The van der Waals surface area contributed by atoms with Crippen LogP contribution in [0.25, 0.3) is 5.70 Å². The Balaban J connectivity index is 2.49. The average molecular weight is 402 g/mol. The van der Waals surface area contributed by atoms with Crippen LogP contribution in [0.2, 0.25) is 0 Å². The molecule has 2 aromatic rings. The van der Waals surface area contributed by atoms with Crippen molar-refractivity contribution in [1.82, 2.24) is 10.3 Å². The molecule has 0 amide bonds. The maximum absolute atomic E-state index is 13.2. The molecule has 1 aromatic carbocycles. The number of anilines is 1. The number of hydrogen-bond donors (Lipinski definition) is 1. The molecule has 1 N–H and O–H groups in total. The summed E-state index contributed by atoms with van der Waals surface area (Å²) < 4.78 is 39.7. The number of allylic oxidation sites excluding steroid dienone is 1. The normalized spacial score (nSPS) is 12.6. The van der Waals surface area contributed by atoms with E-state index in [2.05, 4.69) is 21.9 Å². The molecule has 0 radical (unpaired) electrons. The average Bonchev–Trinajstić information content (AvgIpc) is 2.71. The van der Waals surface area contributed by atoms with E-state index in [1.54, 1.807) is 36.4 Å². The van der Waals surface area contributed by atoms with Crippen LogP contribution in [-0.2, 0) is 6.18 Å². The van der Waals surface area contributed by atoms with Crippen LogP contribution < -0.4 is 10.2 Å². The van der Waals surface area contributed by atoms with E-state index in [1.165, 1.54) is 6.07 Å². The lowest BCUT2D eigenvalue weighted by Crippen LogP contribution is -2.35. The first-order valence-corrected chi connectivity index (χ1v) is 9.30. The van der Waals surface area contributed by atoms with Crippen LogP contribution in [0.5, 0.6) is 0 Å². The third-order valence-electron chi connectivity index (χ3n) is 4.12. The van der Waals surface area contributed by atoms with Crippen molar-refractivity contribution in [3.63, 3.8) is 0 Å². The topological polar surface area (TPSA) is 40.5 Å². The summed E-state index contributed by atoms with van der Waals surface area (Å²) in [6.45, 7) is 10.2. The SMILES string of the molecule is C=C(NCCC)N(/C(C)=N/C(=C\C)c1cccnc1)c1cccc(C(F)(F)F)c1. The van der Waals surface area contributed by atoms with Crippen molar-refractivity contribution < 1.29 is 13.2 Å². The van der Waals surface area contributed by atoms with Gasteiger partial charge >= 0.3 is 6.18 Å². The highest BCUT2D eigenvalue weighted by Crippen LogP contribution is 2.32. The number of hydrogen-bond acceptors (Lipinski definition) is 3. The molecule has 1 aromatic heterocycles. The number of aliphatic imine (C=N–C) groups is 1. The molecule has 0 aliphatic carbocycles. The quantitative estimate of drug-likeness (QED) is 0.466. The zero-order valence-electron chi connectivity index (χ0n) is 16.8. The lowest BCUT2D eigenvalue weighted by atomic mass is 10.1. The largest absolute Gasteiger partial charge is 0.416 e. The molecule has 7 heteroatoms. The van der Waals surface area contributed by atoms with Gasteiger partial charge in [-0.25, -0.2) is 4.99 Å². The van der Waals surface area contributed by atoms with Crippen LogP contribution in [0, 0.1) is 0 Å². The van der Waals surface area contributed by atoms with E-state index >= 15 is 0 Å². The number of amidine groups is 1. The zero-order chi connectivity index (χ0) is 21.4. The second-order valence-corrected chi connectivity index (χ2v) is 6.33. The Morgan fingerprint density at radius 3 is 2.62 bits per heavy atom. The fraction of sp³-hybridized carbons (Fsp3) is 0.273. The van der Waals surface area contributed by atoms with Crippen LogP contribution in [0.4, 0.5) is 18.9 Å². The summed E-state index contributed by atoms with van der Waals surface area (Å²) in [6.07, 6.45) is 1.59. The lowest BCUT2D eigenvalue weighted by molar-refractivity contribution is -0.137. The lowest BCUT2D eigenvalue weighted by Gasteiger charge is -2.28. The highest BCUT2D eigenvalue weighted by molar-refractivity contribution is 6.01. The van der Waals surface area contributed by atoms with Gasteiger partial charge in [-0.15, -0.1) is 0 Å². The van der Waals surface area contributed by atoms with Gasteiger partial charge in [-0.05, 0) is 50.6 Å². The second kappa shape index (κ2) is 9.91. The van der Waals surface area contributed by atoms with Gasteiger partial charge in [-0.1, -0.05) is 25.6 Å². The van der Waals surface area contributed by atoms with Crippen molar-refractivity contribution in [1.29, 1.82) is 0 Å². The molecular formula is C22H25F3N4. The molecule has 0 aliphatic heterocycles. The molecule has 0 fully saturated rings.